The van der Waals surface area contributed by atoms with E-state index in [0.29, 0.717) is 16.1 Å². The number of fused-ring (bicyclic) bond motifs is 1. The van der Waals surface area contributed by atoms with Crippen LogP contribution in [0.1, 0.15) is 6.23 Å². The van der Waals surface area contributed by atoms with Gasteiger partial charge in [-0.2, -0.15) is 0 Å². The second kappa shape index (κ2) is 4.83. The molecule has 0 aromatic carbocycles. The van der Waals surface area contributed by atoms with Gasteiger partial charge in [-0.05, 0) is 0 Å². The maximum absolute atomic E-state index is 10.0. The smallest absolute Gasteiger partial charge is 0.164 e. The molecule has 0 unspecified atom stereocenters. The minimum atomic E-state index is -1.21. The van der Waals surface area contributed by atoms with Crippen molar-refractivity contribution in [3.63, 3.8) is 0 Å². The number of nitrogens with two attached hydrogens (primary N) is 1. The van der Waals surface area contributed by atoms with Gasteiger partial charge in [-0.3, -0.25) is 0 Å². The first-order chi connectivity index (χ1) is 9.54. The summed E-state index contributed by atoms with van der Waals surface area (Å²) in [5.74, 6) is 0.213. The predicted molar refractivity (Wildman–Crippen MR) is 70.0 cm³/mol. The lowest BCUT2D eigenvalue weighted by Gasteiger charge is -2.17. The summed E-state index contributed by atoms with van der Waals surface area (Å²) in [4.78, 5) is 7.92. The van der Waals surface area contributed by atoms with Gasteiger partial charge in [-0.15, -0.1) is 0 Å². The van der Waals surface area contributed by atoms with Crippen molar-refractivity contribution in [1.29, 1.82) is 0 Å². The number of aromatic nitrogens is 3. The number of aliphatic hydroxyl groups excluding tert-OH is 3. The fourth-order valence-electron chi connectivity index (χ4n) is 2.37. The van der Waals surface area contributed by atoms with Crippen LogP contribution in [-0.4, -0.2) is 54.8 Å². The van der Waals surface area contributed by atoms with Crippen molar-refractivity contribution in [3.8, 4) is 0 Å². The number of nitrogen functional groups attached to an aromatic ring is 1. The number of nitrogens with zero attached hydrogens (tertiary/aromatic N) is 3. The molecule has 108 valence electrons. The van der Waals surface area contributed by atoms with Crippen LogP contribution in [0.15, 0.2) is 12.5 Å². The van der Waals surface area contributed by atoms with Gasteiger partial charge in [0.1, 0.15) is 36.1 Å². The highest BCUT2D eigenvalue weighted by Gasteiger charge is 2.44. The Kier molecular flexibility index (Phi) is 3.27. The molecule has 3 rings (SSSR count). The summed E-state index contributed by atoms with van der Waals surface area (Å²) in [6.45, 7) is -0.404. The van der Waals surface area contributed by atoms with Crippen LogP contribution in [0.4, 0.5) is 5.82 Å². The van der Waals surface area contributed by atoms with E-state index in [4.69, 9.17) is 27.2 Å². The number of halogens is 1. The minimum Gasteiger partial charge on any atom is -0.394 e. The topological polar surface area (TPSA) is 127 Å². The van der Waals surface area contributed by atoms with Crippen LogP contribution in [-0.2, 0) is 4.74 Å². The van der Waals surface area contributed by atoms with Crippen LogP contribution in [0, 0.1) is 0 Å². The van der Waals surface area contributed by atoms with Gasteiger partial charge in [0.2, 0.25) is 0 Å². The number of hydrogen-bond acceptors (Lipinski definition) is 7. The lowest BCUT2D eigenvalue weighted by atomic mass is 10.1. The molecule has 0 radical (unpaired) electrons. The Hall–Kier alpha value is -1.45. The first kappa shape index (κ1) is 13.5. The van der Waals surface area contributed by atoms with E-state index >= 15 is 0 Å². The highest BCUT2D eigenvalue weighted by atomic mass is 35.5. The SMILES string of the molecule is Nc1ncnc2c1c(Cl)cn2[C@@H]1O[C@@H](CO)[C@@H](O)[C@@H]1O. The maximum atomic E-state index is 10.0. The van der Waals surface area contributed by atoms with E-state index in [1.807, 2.05) is 0 Å². The largest absolute Gasteiger partial charge is 0.394 e. The summed E-state index contributed by atoms with van der Waals surface area (Å²) in [5, 5.41) is 29.7. The zero-order valence-corrected chi connectivity index (χ0v) is 11.0. The quantitative estimate of drug-likeness (QED) is 0.576. The van der Waals surface area contributed by atoms with Crippen molar-refractivity contribution < 1.29 is 20.1 Å². The first-order valence-corrected chi connectivity index (χ1v) is 6.31. The number of rotatable bonds is 2. The van der Waals surface area contributed by atoms with Crippen LogP contribution in [0.5, 0.6) is 0 Å². The Morgan fingerprint density at radius 1 is 1.35 bits per heavy atom. The van der Waals surface area contributed by atoms with Gasteiger partial charge in [-0.25, -0.2) is 9.97 Å². The molecule has 3 heterocycles. The standard InChI is InChI=1S/C11H13ClN4O4/c12-4-1-16(10-6(4)9(13)14-3-15-10)11-8(19)7(18)5(2-17)20-11/h1,3,5,7-8,11,17-19H,2H2,(H2,13,14,15)/t5-,7+,8-,11+/m0/s1. The van der Waals surface area contributed by atoms with Crippen LogP contribution < -0.4 is 5.73 Å². The molecule has 9 heteroatoms. The molecule has 0 saturated carbocycles. The summed E-state index contributed by atoms with van der Waals surface area (Å²) in [6.07, 6.45) is -1.42. The molecule has 1 fully saturated rings. The third kappa shape index (κ3) is 1.85. The van der Waals surface area contributed by atoms with Gasteiger partial charge in [-0.1, -0.05) is 11.6 Å². The number of hydrogen-bond donors (Lipinski definition) is 4. The molecule has 0 spiro atoms. The third-order valence-electron chi connectivity index (χ3n) is 3.38. The lowest BCUT2D eigenvalue weighted by Crippen LogP contribution is -2.33. The van der Waals surface area contributed by atoms with Gasteiger partial charge >= 0.3 is 0 Å². The van der Waals surface area contributed by atoms with Crippen LogP contribution in [0.25, 0.3) is 11.0 Å². The van der Waals surface area contributed by atoms with Crippen LogP contribution >= 0.6 is 11.6 Å². The average Bonchev–Trinajstić information content (AvgIpc) is 2.90. The fraction of sp³-hybridized carbons (Fsp3) is 0.455. The molecule has 4 atom stereocenters. The fourth-order valence-corrected chi connectivity index (χ4v) is 2.65. The second-order valence-corrected chi connectivity index (χ2v) is 4.98. The lowest BCUT2D eigenvalue weighted by molar-refractivity contribution is -0.0508. The molecule has 8 nitrogen and oxygen atoms in total. The highest BCUT2D eigenvalue weighted by Crippen LogP contribution is 2.35. The van der Waals surface area contributed by atoms with Crippen LogP contribution in [0.2, 0.25) is 5.02 Å². The predicted octanol–water partition coefficient (Wildman–Crippen LogP) is -0.722. The van der Waals surface area contributed by atoms with Gasteiger partial charge < -0.3 is 30.4 Å². The molecule has 2 aromatic heterocycles. The van der Waals surface area contributed by atoms with Gasteiger partial charge in [0, 0.05) is 6.20 Å². The normalized spacial score (nSPS) is 30.2. The molecule has 0 aliphatic carbocycles. The van der Waals surface area contributed by atoms with Gasteiger partial charge in [0.25, 0.3) is 0 Å². The molecular weight excluding hydrogens is 288 g/mol. The van der Waals surface area contributed by atoms with Crippen molar-refractivity contribution in [2.45, 2.75) is 24.5 Å². The molecular formula is C11H13ClN4O4. The van der Waals surface area contributed by atoms with E-state index in [9.17, 15) is 10.2 Å². The average molecular weight is 301 g/mol. The van der Waals surface area contributed by atoms with E-state index in [0.717, 1.165) is 0 Å². The molecule has 20 heavy (non-hydrogen) atoms. The van der Waals surface area contributed by atoms with Gasteiger partial charge in [0.15, 0.2) is 6.23 Å². The van der Waals surface area contributed by atoms with E-state index < -0.39 is 31.1 Å². The number of anilines is 1. The molecule has 0 bridgehead atoms. The van der Waals surface area contributed by atoms with Crippen LogP contribution in [0.3, 0.4) is 0 Å². The summed E-state index contributed by atoms with van der Waals surface area (Å²) in [6, 6.07) is 0. The minimum absolute atomic E-state index is 0.213. The van der Waals surface area contributed by atoms with E-state index in [-0.39, 0.29) is 5.82 Å². The third-order valence-corrected chi connectivity index (χ3v) is 3.67. The summed E-state index contributed by atoms with van der Waals surface area (Å²) < 4.78 is 6.91. The molecule has 1 saturated heterocycles. The molecule has 1 aliphatic rings. The maximum Gasteiger partial charge on any atom is 0.164 e. The molecule has 2 aromatic rings. The van der Waals surface area contributed by atoms with E-state index in [2.05, 4.69) is 9.97 Å². The zero-order chi connectivity index (χ0) is 14.4. The van der Waals surface area contributed by atoms with Crippen molar-refractivity contribution in [3.05, 3.63) is 17.5 Å². The Morgan fingerprint density at radius 2 is 2.10 bits per heavy atom. The first-order valence-electron chi connectivity index (χ1n) is 5.93. The summed E-state index contributed by atoms with van der Waals surface area (Å²) in [5.41, 5.74) is 6.13. The van der Waals surface area contributed by atoms with Crippen molar-refractivity contribution in [2.24, 2.45) is 0 Å². The second-order valence-electron chi connectivity index (χ2n) is 4.57. The highest BCUT2D eigenvalue weighted by molar-refractivity contribution is 6.36. The Balaban J connectivity index is 2.10. The molecule has 0 amide bonds. The monoisotopic (exact) mass is 300 g/mol. The number of aliphatic hydroxyl groups is 3. The molecule has 5 N–H and O–H groups in total. The van der Waals surface area contributed by atoms with E-state index in [1.54, 1.807) is 0 Å². The van der Waals surface area contributed by atoms with Gasteiger partial charge in [0.05, 0.1) is 17.0 Å². The Morgan fingerprint density at radius 3 is 2.75 bits per heavy atom. The van der Waals surface area contributed by atoms with Crippen molar-refractivity contribution >= 4 is 28.5 Å². The summed E-state index contributed by atoms with van der Waals surface area (Å²) >= 11 is 6.09. The van der Waals surface area contributed by atoms with Crippen molar-refractivity contribution in [1.82, 2.24) is 14.5 Å². The van der Waals surface area contributed by atoms with E-state index in [1.165, 1.54) is 17.1 Å². The Labute approximate surface area is 118 Å². The Bertz CT molecular complexity index is 649. The summed E-state index contributed by atoms with van der Waals surface area (Å²) in [7, 11) is 0. The number of ether oxygens (including phenoxy) is 1. The zero-order valence-electron chi connectivity index (χ0n) is 10.2. The van der Waals surface area contributed by atoms with Crippen molar-refractivity contribution in [2.75, 3.05) is 12.3 Å². The molecule has 1 aliphatic heterocycles.